The second-order valence-electron chi connectivity index (χ2n) is 4.03. The van der Waals surface area contributed by atoms with Gasteiger partial charge in [0.2, 0.25) is 0 Å². The van der Waals surface area contributed by atoms with Gasteiger partial charge in [-0.15, -0.1) is 0 Å². The Kier molecular flexibility index (Phi) is 3.44. The Morgan fingerprint density at radius 1 is 1.47 bits per heavy atom. The summed E-state index contributed by atoms with van der Waals surface area (Å²) >= 11 is 0. The van der Waals surface area contributed by atoms with E-state index >= 15 is 0 Å². The highest BCUT2D eigenvalue weighted by molar-refractivity contribution is 5.29. The molecule has 90 valence electrons. The van der Waals surface area contributed by atoms with Crippen LogP contribution in [-0.4, -0.2) is 22.0 Å². The van der Waals surface area contributed by atoms with Gasteiger partial charge in [0.05, 0.1) is 26.0 Å². The van der Waals surface area contributed by atoms with Crippen molar-refractivity contribution < 1.29 is 9.84 Å². The van der Waals surface area contributed by atoms with E-state index in [9.17, 15) is 5.11 Å². The molecular formula is C13H16N2O2. The lowest BCUT2D eigenvalue weighted by atomic mass is 10.1. The first-order chi connectivity index (χ1) is 8.19. The molecular weight excluding hydrogens is 216 g/mol. The van der Waals surface area contributed by atoms with Crippen molar-refractivity contribution in [2.45, 2.75) is 19.6 Å². The van der Waals surface area contributed by atoms with Crippen LogP contribution in [0.1, 0.15) is 17.2 Å². The molecule has 0 spiro atoms. The minimum atomic E-state index is -0.579. The second kappa shape index (κ2) is 5.01. The van der Waals surface area contributed by atoms with Gasteiger partial charge in [-0.25, -0.2) is 0 Å². The fourth-order valence-corrected chi connectivity index (χ4v) is 1.70. The third-order valence-corrected chi connectivity index (χ3v) is 2.60. The summed E-state index contributed by atoms with van der Waals surface area (Å²) in [5, 5.41) is 14.2. The molecule has 0 bridgehead atoms. The lowest BCUT2D eigenvalue weighted by Crippen LogP contribution is -2.09. The fourth-order valence-electron chi connectivity index (χ4n) is 1.70. The van der Waals surface area contributed by atoms with E-state index in [-0.39, 0.29) is 0 Å². The zero-order chi connectivity index (χ0) is 12.3. The first-order valence-electron chi connectivity index (χ1n) is 5.50. The SMILES string of the molecule is COc1cccc(C(O)Cn2cc(C)cn2)c1. The summed E-state index contributed by atoms with van der Waals surface area (Å²) in [5.74, 6) is 0.748. The Bertz CT molecular complexity index is 494. The highest BCUT2D eigenvalue weighted by Crippen LogP contribution is 2.20. The molecule has 0 amide bonds. The molecule has 0 saturated carbocycles. The number of aromatic nitrogens is 2. The number of methoxy groups -OCH3 is 1. The van der Waals surface area contributed by atoms with Gasteiger partial charge < -0.3 is 9.84 Å². The number of benzene rings is 1. The lowest BCUT2D eigenvalue weighted by molar-refractivity contribution is 0.151. The summed E-state index contributed by atoms with van der Waals surface area (Å²) in [4.78, 5) is 0. The Balaban J connectivity index is 2.11. The van der Waals surface area contributed by atoms with Crippen LogP contribution in [0, 0.1) is 6.92 Å². The van der Waals surface area contributed by atoms with Crippen LogP contribution in [0.5, 0.6) is 5.75 Å². The van der Waals surface area contributed by atoms with E-state index in [0.29, 0.717) is 6.54 Å². The van der Waals surface area contributed by atoms with Gasteiger partial charge in [-0.2, -0.15) is 5.10 Å². The van der Waals surface area contributed by atoms with Gasteiger partial charge >= 0.3 is 0 Å². The molecule has 0 aliphatic heterocycles. The van der Waals surface area contributed by atoms with E-state index in [1.807, 2.05) is 37.4 Å². The summed E-state index contributed by atoms with van der Waals surface area (Å²) in [5.41, 5.74) is 1.92. The molecule has 17 heavy (non-hydrogen) atoms. The van der Waals surface area contributed by atoms with Crippen molar-refractivity contribution in [3.8, 4) is 5.75 Å². The number of ether oxygens (including phenoxy) is 1. The average Bonchev–Trinajstić information content (AvgIpc) is 2.75. The number of rotatable bonds is 4. The third kappa shape index (κ3) is 2.85. The van der Waals surface area contributed by atoms with E-state index in [1.165, 1.54) is 0 Å². The van der Waals surface area contributed by atoms with Gasteiger partial charge in [0.1, 0.15) is 5.75 Å². The van der Waals surface area contributed by atoms with Gasteiger partial charge in [-0.1, -0.05) is 12.1 Å². The standard InChI is InChI=1S/C13H16N2O2/c1-10-7-14-15(8-10)9-13(16)11-4-3-5-12(6-11)17-2/h3-8,13,16H,9H2,1-2H3. The van der Waals surface area contributed by atoms with E-state index in [4.69, 9.17) is 4.74 Å². The van der Waals surface area contributed by atoms with Crippen LogP contribution in [0.2, 0.25) is 0 Å². The van der Waals surface area contributed by atoms with Crippen molar-refractivity contribution >= 4 is 0 Å². The highest BCUT2D eigenvalue weighted by Gasteiger charge is 2.09. The number of aryl methyl sites for hydroxylation is 1. The number of hydrogen-bond donors (Lipinski definition) is 1. The molecule has 1 aromatic heterocycles. The molecule has 0 fully saturated rings. The van der Waals surface area contributed by atoms with Crippen molar-refractivity contribution in [2.24, 2.45) is 0 Å². The quantitative estimate of drug-likeness (QED) is 0.876. The summed E-state index contributed by atoms with van der Waals surface area (Å²) < 4.78 is 6.86. The number of hydrogen-bond acceptors (Lipinski definition) is 3. The second-order valence-corrected chi connectivity index (χ2v) is 4.03. The van der Waals surface area contributed by atoms with Gasteiger partial charge in [0.15, 0.2) is 0 Å². The minimum absolute atomic E-state index is 0.445. The number of aliphatic hydroxyl groups excluding tert-OH is 1. The Morgan fingerprint density at radius 3 is 2.94 bits per heavy atom. The maximum Gasteiger partial charge on any atom is 0.119 e. The van der Waals surface area contributed by atoms with Crippen LogP contribution >= 0.6 is 0 Å². The molecule has 0 radical (unpaired) electrons. The molecule has 2 aromatic rings. The largest absolute Gasteiger partial charge is 0.497 e. The van der Waals surface area contributed by atoms with Crippen LogP contribution < -0.4 is 4.74 Å². The van der Waals surface area contributed by atoms with Crippen LogP contribution in [0.25, 0.3) is 0 Å². The van der Waals surface area contributed by atoms with E-state index in [1.54, 1.807) is 18.0 Å². The van der Waals surface area contributed by atoms with Gasteiger partial charge in [-0.05, 0) is 30.2 Å². The van der Waals surface area contributed by atoms with Crippen molar-refractivity contribution in [1.82, 2.24) is 9.78 Å². The Morgan fingerprint density at radius 2 is 2.29 bits per heavy atom. The van der Waals surface area contributed by atoms with E-state index < -0.39 is 6.10 Å². The zero-order valence-corrected chi connectivity index (χ0v) is 10.00. The summed E-state index contributed by atoms with van der Waals surface area (Å²) in [7, 11) is 1.61. The van der Waals surface area contributed by atoms with Gasteiger partial charge in [-0.3, -0.25) is 4.68 Å². The van der Waals surface area contributed by atoms with Gasteiger partial charge in [0.25, 0.3) is 0 Å². The third-order valence-electron chi connectivity index (χ3n) is 2.60. The van der Waals surface area contributed by atoms with Gasteiger partial charge in [0, 0.05) is 6.20 Å². The minimum Gasteiger partial charge on any atom is -0.497 e. The maximum absolute atomic E-state index is 10.1. The summed E-state index contributed by atoms with van der Waals surface area (Å²) in [6.45, 7) is 2.42. The molecule has 1 atom stereocenters. The van der Waals surface area contributed by atoms with E-state index in [2.05, 4.69) is 5.10 Å². The molecule has 2 rings (SSSR count). The lowest BCUT2D eigenvalue weighted by Gasteiger charge is -2.12. The highest BCUT2D eigenvalue weighted by atomic mass is 16.5. The van der Waals surface area contributed by atoms with Crippen LogP contribution in [0.3, 0.4) is 0 Å². The van der Waals surface area contributed by atoms with E-state index in [0.717, 1.165) is 16.9 Å². The number of aliphatic hydroxyl groups is 1. The van der Waals surface area contributed by atoms with Crippen molar-refractivity contribution in [3.63, 3.8) is 0 Å². The molecule has 1 heterocycles. The van der Waals surface area contributed by atoms with Crippen molar-refractivity contribution in [2.75, 3.05) is 7.11 Å². The molecule has 0 aliphatic rings. The molecule has 0 saturated heterocycles. The van der Waals surface area contributed by atoms with Crippen LogP contribution in [0.4, 0.5) is 0 Å². The monoisotopic (exact) mass is 232 g/mol. The normalized spacial score (nSPS) is 12.4. The molecule has 4 heteroatoms. The van der Waals surface area contributed by atoms with Crippen molar-refractivity contribution in [1.29, 1.82) is 0 Å². The molecule has 1 unspecified atom stereocenters. The van der Waals surface area contributed by atoms with Crippen LogP contribution in [-0.2, 0) is 6.54 Å². The summed E-state index contributed by atoms with van der Waals surface area (Å²) in [6, 6.07) is 7.44. The smallest absolute Gasteiger partial charge is 0.119 e. The number of nitrogens with zero attached hydrogens (tertiary/aromatic N) is 2. The molecule has 4 nitrogen and oxygen atoms in total. The fraction of sp³-hybridized carbons (Fsp3) is 0.308. The Hall–Kier alpha value is -1.81. The average molecular weight is 232 g/mol. The topological polar surface area (TPSA) is 47.3 Å². The molecule has 0 aliphatic carbocycles. The molecule has 1 N–H and O–H groups in total. The Labute approximate surface area is 100 Å². The first kappa shape index (κ1) is 11.7. The predicted molar refractivity (Wildman–Crippen MR) is 64.9 cm³/mol. The maximum atomic E-state index is 10.1. The predicted octanol–water partition coefficient (Wildman–Crippen LogP) is 1.93. The van der Waals surface area contributed by atoms with Crippen LogP contribution in [0.15, 0.2) is 36.7 Å². The zero-order valence-electron chi connectivity index (χ0n) is 10.00. The summed E-state index contributed by atoms with van der Waals surface area (Å²) in [6.07, 6.45) is 3.10. The van der Waals surface area contributed by atoms with Crippen molar-refractivity contribution in [3.05, 3.63) is 47.8 Å². The first-order valence-corrected chi connectivity index (χ1v) is 5.50. The molecule has 1 aromatic carbocycles.